The lowest BCUT2D eigenvalue weighted by molar-refractivity contribution is 0.252. The van der Waals surface area contributed by atoms with Gasteiger partial charge >= 0.3 is 0 Å². The Bertz CT molecular complexity index is 361. The predicted octanol–water partition coefficient (Wildman–Crippen LogP) is 3.04. The Morgan fingerprint density at radius 3 is 2.29 bits per heavy atom. The minimum atomic E-state index is -0.0123. The van der Waals surface area contributed by atoms with Crippen molar-refractivity contribution in [3.8, 4) is 0 Å². The number of aryl methyl sites for hydroxylation is 2. The van der Waals surface area contributed by atoms with E-state index in [9.17, 15) is 5.11 Å². The Morgan fingerprint density at radius 2 is 1.88 bits per heavy atom. The summed E-state index contributed by atoms with van der Waals surface area (Å²) >= 11 is 0. The Balaban J connectivity index is 3.23. The highest BCUT2D eigenvalue weighted by molar-refractivity contribution is 5.19. The topological polar surface area (TPSA) is 38.1 Å². The Kier molecular flexibility index (Phi) is 4.75. The fourth-order valence-electron chi connectivity index (χ4n) is 2.29. The number of hydrogen-bond donors (Lipinski definition) is 1. The molecule has 0 saturated heterocycles. The molecule has 1 heterocycles. The van der Waals surface area contributed by atoms with E-state index in [0.717, 1.165) is 36.5 Å². The van der Waals surface area contributed by atoms with E-state index in [0.29, 0.717) is 0 Å². The van der Waals surface area contributed by atoms with Crippen LogP contribution in [0.5, 0.6) is 0 Å². The first kappa shape index (κ1) is 14.2. The van der Waals surface area contributed by atoms with Crippen LogP contribution in [0, 0.1) is 0 Å². The van der Waals surface area contributed by atoms with Crippen molar-refractivity contribution in [1.82, 2.24) is 9.55 Å². The van der Waals surface area contributed by atoms with Crippen molar-refractivity contribution in [2.45, 2.75) is 72.4 Å². The van der Waals surface area contributed by atoms with Gasteiger partial charge in [-0.3, -0.25) is 0 Å². The molecule has 0 aliphatic rings. The number of imidazole rings is 1. The Labute approximate surface area is 105 Å². The molecule has 0 spiro atoms. The maximum Gasteiger partial charge on any atom is 0.109 e. The summed E-state index contributed by atoms with van der Waals surface area (Å²) in [7, 11) is 0. The molecule has 0 atom stereocenters. The van der Waals surface area contributed by atoms with Crippen LogP contribution in [0.3, 0.4) is 0 Å². The molecular formula is C14H26N2O. The normalized spacial score (nSPS) is 12.1. The zero-order valence-electron chi connectivity index (χ0n) is 11.9. The average molecular weight is 238 g/mol. The van der Waals surface area contributed by atoms with Crippen LogP contribution < -0.4 is 0 Å². The second-order valence-electron chi connectivity index (χ2n) is 5.54. The molecule has 0 unspecified atom stereocenters. The van der Waals surface area contributed by atoms with Gasteiger partial charge < -0.3 is 9.67 Å². The fourth-order valence-corrected chi connectivity index (χ4v) is 2.29. The second-order valence-corrected chi connectivity index (χ2v) is 5.54. The zero-order valence-corrected chi connectivity index (χ0v) is 11.9. The van der Waals surface area contributed by atoms with Crippen molar-refractivity contribution < 1.29 is 5.11 Å². The SMILES string of the molecule is CCCCc1nc(CC)c(CO)n1C(C)(C)C. The quantitative estimate of drug-likeness (QED) is 0.856. The van der Waals surface area contributed by atoms with Gasteiger partial charge in [-0.05, 0) is 33.6 Å². The molecule has 1 rings (SSSR count). The zero-order chi connectivity index (χ0) is 13.1. The third-order valence-corrected chi connectivity index (χ3v) is 3.03. The monoisotopic (exact) mass is 238 g/mol. The highest BCUT2D eigenvalue weighted by atomic mass is 16.3. The van der Waals surface area contributed by atoms with Gasteiger partial charge in [0, 0.05) is 12.0 Å². The van der Waals surface area contributed by atoms with Gasteiger partial charge in [0.1, 0.15) is 5.82 Å². The third kappa shape index (κ3) is 3.09. The molecule has 0 fully saturated rings. The highest BCUT2D eigenvalue weighted by Crippen LogP contribution is 2.24. The lowest BCUT2D eigenvalue weighted by atomic mass is 10.1. The molecule has 0 aliphatic heterocycles. The molecule has 0 aliphatic carbocycles. The van der Waals surface area contributed by atoms with E-state index in [-0.39, 0.29) is 12.1 Å². The van der Waals surface area contributed by atoms with Crippen LogP contribution in [-0.2, 0) is 25.0 Å². The summed E-state index contributed by atoms with van der Waals surface area (Å²) in [5, 5.41) is 9.57. The molecule has 0 bridgehead atoms. The smallest absolute Gasteiger partial charge is 0.109 e. The van der Waals surface area contributed by atoms with Gasteiger partial charge in [0.05, 0.1) is 18.0 Å². The van der Waals surface area contributed by atoms with Crippen molar-refractivity contribution in [1.29, 1.82) is 0 Å². The van der Waals surface area contributed by atoms with Gasteiger partial charge in [0.2, 0.25) is 0 Å². The Hall–Kier alpha value is -0.830. The minimum absolute atomic E-state index is 0.0123. The summed E-state index contributed by atoms with van der Waals surface area (Å²) in [6.45, 7) is 10.9. The summed E-state index contributed by atoms with van der Waals surface area (Å²) < 4.78 is 2.22. The molecule has 98 valence electrons. The number of nitrogens with zero attached hydrogens (tertiary/aromatic N) is 2. The molecule has 17 heavy (non-hydrogen) atoms. The second kappa shape index (κ2) is 5.67. The molecule has 1 aromatic heterocycles. The number of hydrogen-bond acceptors (Lipinski definition) is 2. The lowest BCUT2D eigenvalue weighted by Gasteiger charge is -2.26. The lowest BCUT2D eigenvalue weighted by Crippen LogP contribution is -2.26. The van der Waals surface area contributed by atoms with E-state index in [4.69, 9.17) is 4.98 Å². The van der Waals surface area contributed by atoms with E-state index in [1.165, 1.54) is 6.42 Å². The molecule has 0 saturated carbocycles. The van der Waals surface area contributed by atoms with Crippen LogP contribution in [-0.4, -0.2) is 14.7 Å². The number of aliphatic hydroxyl groups is 1. The van der Waals surface area contributed by atoms with E-state index < -0.39 is 0 Å². The van der Waals surface area contributed by atoms with Gasteiger partial charge in [-0.1, -0.05) is 20.3 Å². The van der Waals surface area contributed by atoms with Gasteiger partial charge in [-0.2, -0.15) is 0 Å². The molecule has 0 amide bonds. The van der Waals surface area contributed by atoms with Crippen molar-refractivity contribution in [3.63, 3.8) is 0 Å². The van der Waals surface area contributed by atoms with Crippen LogP contribution in [0.1, 0.15) is 64.7 Å². The van der Waals surface area contributed by atoms with Crippen molar-refractivity contribution in [2.24, 2.45) is 0 Å². The first-order valence-electron chi connectivity index (χ1n) is 6.66. The number of aromatic nitrogens is 2. The van der Waals surface area contributed by atoms with Crippen LogP contribution in [0.2, 0.25) is 0 Å². The largest absolute Gasteiger partial charge is 0.390 e. The van der Waals surface area contributed by atoms with Gasteiger partial charge in [0.25, 0.3) is 0 Å². The van der Waals surface area contributed by atoms with Gasteiger partial charge in [-0.25, -0.2) is 4.98 Å². The molecule has 0 radical (unpaired) electrons. The van der Waals surface area contributed by atoms with Crippen molar-refractivity contribution >= 4 is 0 Å². The first-order valence-corrected chi connectivity index (χ1v) is 6.66. The van der Waals surface area contributed by atoms with Crippen LogP contribution in [0.4, 0.5) is 0 Å². The number of aliphatic hydroxyl groups excluding tert-OH is 1. The van der Waals surface area contributed by atoms with Crippen LogP contribution >= 0.6 is 0 Å². The summed E-state index contributed by atoms with van der Waals surface area (Å²) in [6, 6.07) is 0. The summed E-state index contributed by atoms with van der Waals surface area (Å²) in [5.41, 5.74) is 2.03. The summed E-state index contributed by atoms with van der Waals surface area (Å²) in [6.07, 6.45) is 4.22. The number of unbranched alkanes of at least 4 members (excludes halogenated alkanes) is 1. The average Bonchev–Trinajstić information content (AvgIpc) is 2.63. The molecule has 1 N–H and O–H groups in total. The van der Waals surface area contributed by atoms with Gasteiger partial charge in [0.15, 0.2) is 0 Å². The maximum absolute atomic E-state index is 9.57. The fraction of sp³-hybridized carbons (Fsp3) is 0.786. The van der Waals surface area contributed by atoms with E-state index >= 15 is 0 Å². The molecular weight excluding hydrogens is 212 g/mol. The first-order chi connectivity index (χ1) is 7.95. The third-order valence-electron chi connectivity index (χ3n) is 3.03. The number of rotatable bonds is 5. The minimum Gasteiger partial charge on any atom is -0.390 e. The van der Waals surface area contributed by atoms with E-state index in [1.807, 2.05) is 0 Å². The van der Waals surface area contributed by atoms with Crippen LogP contribution in [0.15, 0.2) is 0 Å². The molecule has 3 heteroatoms. The maximum atomic E-state index is 9.57. The van der Waals surface area contributed by atoms with Gasteiger partial charge in [-0.15, -0.1) is 0 Å². The van der Waals surface area contributed by atoms with Crippen molar-refractivity contribution in [2.75, 3.05) is 0 Å². The molecule has 1 aromatic rings. The summed E-state index contributed by atoms with van der Waals surface area (Å²) in [5.74, 6) is 1.13. The molecule has 3 nitrogen and oxygen atoms in total. The molecule has 0 aromatic carbocycles. The highest BCUT2D eigenvalue weighted by Gasteiger charge is 2.23. The van der Waals surface area contributed by atoms with Crippen molar-refractivity contribution in [3.05, 3.63) is 17.2 Å². The summed E-state index contributed by atoms with van der Waals surface area (Å²) in [4.78, 5) is 4.71. The predicted molar refractivity (Wildman–Crippen MR) is 71.1 cm³/mol. The van der Waals surface area contributed by atoms with E-state index in [1.54, 1.807) is 0 Å². The standard InChI is InChI=1S/C14H26N2O/c1-6-8-9-13-15-11(7-2)12(10-17)16(13)14(3,4)5/h17H,6-10H2,1-5H3. The van der Waals surface area contributed by atoms with Crippen LogP contribution in [0.25, 0.3) is 0 Å². The van der Waals surface area contributed by atoms with E-state index in [2.05, 4.69) is 39.2 Å². The Morgan fingerprint density at radius 1 is 1.24 bits per heavy atom.